The standard InChI is InChI=1S/C13H21N3O/c1-3-12-10-16(7-8-17-12)9-11-5-4-6-15-13(11)14-2/h4-6,12H,3,7-10H2,1-2H3,(H,14,15). The first-order valence-corrected chi connectivity index (χ1v) is 6.29. The monoisotopic (exact) mass is 235 g/mol. The highest BCUT2D eigenvalue weighted by Crippen LogP contribution is 2.16. The van der Waals surface area contributed by atoms with Crippen LogP contribution in [0, 0.1) is 0 Å². The van der Waals surface area contributed by atoms with Crippen LogP contribution in [0.1, 0.15) is 18.9 Å². The van der Waals surface area contributed by atoms with E-state index in [9.17, 15) is 0 Å². The maximum absolute atomic E-state index is 5.68. The van der Waals surface area contributed by atoms with Gasteiger partial charge in [0.15, 0.2) is 0 Å². The second-order valence-corrected chi connectivity index (χ2v) is 4.40. The van der Waals surface area contributed by atoms with Gasteiger partial charge in [-0.05, 0) is 12.5 Å². The number of anilines is 1. The van der Waals surface area contributed by atoms with E-state index in [1.54, 1.807) is 0 Å². The molecule has 1 N–H and O–H groups in total. The van der Waals surface area contributed by atoms with Gasteiger partial charge in [-0.2, -0.15) is 0 Å². The van der Waals surface area contributed by atoms with Crippen molar-refractivity contribution in [1.29, 1.82) is 0 Å². The number of ether oxygens (including phenoxy) is 1. The maximum Gasteiger partial charge on any atom is 0.130 e. The Balaban J connectivity index is 2.00. The molecule has 2 heterocycles. The highest BCUT2D eigenvalue weighted by Gasteiger charge is 2.19. The van der Waals surface area contributed by atoms with Gasteiger partial charge < -0.3 is 10.1 Å². The van der Waals surface area contributed by atoms with Gasteiger partial charge >= 0.3 is 0 Å². The van der Waals surface area contributed by atoms with Crippen molar-refractivity contribution in [1.82, 2.24) is 9.88 Å². The topological polar surface area (TPSA) is 37.4 Å². The second kappa shape index (κ2) is 5.98. The minimum atomic E-state index is 0.387. The summed E-state index contributed by atoms with van der Waals surface area (Å²) in [5.41, 5.74) is 1.26. The molecule has 0 saturated carbocycles. The van der Waals surface area contributed by atoms with E-state index in [4.69, 9.17) is 4.74 Å². The van der Waals surface area contributed by atoms with Crippen LogP contribution in [0.3, 0.4) is 0 Å². The Hall–Kier alpha value is -1.13. The number of morpholine rings is 1. The summed E-state index contributed by atoms with van der Waals surface area (Å²) in [7, 11) is 1.92. The largest absolute Gasteiger partial charge is 0.376 e. The molecule has 94 valence electrons. The van der Waals surface area contributed by atoms with Crippen molar-refractivity contribution in [2.24, 2.45) is 0 Å². The Labute approximate surface area is 103 Å². The third kappa shape index (κ3) is 3.17. The van der Waals surface area contributed by atoms with E-state index in [1.165, 1.54) is 5.56 Å². The predicted octanol–water partition coefficient (Wildman–Crippen LogP) is 1.73. The van der Waals surface area contributed by atoms with Crippen LogP contribution < -0.4 is 5.32 Å². The minimum Gasteiger partial charge on any atom is -0.376 e. The lowest BCUT2D eigenvalue weighted by Crippen LogP contribution is -2.41. The molecule has 0 aliphatic carbocycles. The molecular weight excluding hydrogens is 214 g/mol. The third-order valence-electron chi connectivity index (χ3n) is 3.20. The van der Waals surface area contributed by atoms with E-state index in [1.807, 2.05) is 19.3 Å². The zero-order valence-electron chi connectivity index (χ0n) is 10.6. The summed E-state index contributed by atoms with van der Waals surface area (Å²) >= 11 is 0. The fraction of sp³-hybridized carbons (Fsp3) is 0.615. The van der Waals surface area contributed by atoms with Gasteiger partial charge in [0.1, 0.15) is 5.82 Å². The van der Waals surface area contributed by atoms with Crippen LogP contribution in [-0.4, -0.2) is 42.7 Å². The average Bonchev–Trinajstić information content (AvgIpc) is 2.39. The summed E-state index contributed by atoms with van der Waals surface area (Å²) in [5.74, 6) is 0.979. The SMILES string of the molecule is CCC1CN(Cc2cccnc2NC)CCO1. The van der Waals surface area contributed by atoms with Gasteiger partial charge in [0.2, 0.25) is 0 Å². The van der Waals surface area contributed by atoms with Crippen LogP contribution in [-0.2, 0) is 11.3 Å². The van der Waals surface area contributed by atoms with Crippen molar-refractivity contribution in [2.45, 2.75) is 26.0 Å². The molecule has 0 amide bonds. The first kappa shape index (κ1) is 12.3. The Bertz CT molecular complexity index is 356. The molecule has 1 atom stereocenters. The Morgan fingerprint density at radius 1 is 1.59 bits per heavy atom. The summed E-state index contributed by atoms with van der Waals surface area (Å²) < 4.78 is 5.68. The molecule has 1 unspecified atom stereocenters. The molecule has 4 nitrogen and oxygen atoms in total. The first-order chi connectivity index (χ1) is 8.33. The Morgan fingerprint density at radius 3 is 3.24 bits per heavy atom. The maximum atomic E-state index is 5.68. The lowest BCUT2D eigenvalue weighted by atomic mass is 10.2. The van der Waals surface area contributed by atoms with E-state index in [-0.39, 0.29) is 0 Å². The van der Waals surface area contributed by atoms with Crippen molar-refractivity contribution in [3.05, 3.63) is 23.9 Å². The number of pyridine rings is 1. The average molecular weight is 235 g/mol. The molecule has 0 spiro atoms. The zero-order valence-corrected chi connectivity index (χ0v) is 10.6. The van der Waals surface area contributed by atoms with Crippen molar-refractivity contribution in [3.8, 4) is 0 Å². The number of hydrogen-bond donors (Lipinski definition) is 1. The molecule has 4 heteroatoms. The van der Waals surface area contributed by atoms with Gasteiger partial charge in [0.25, 0.3) is 0 Å². The van der Waals surface area contributed by atoms with Gasteiger partial charge in [0, 0.05) is 38.4 Å². The van der Waals surface area contributed by atoms with E-state index in [0.717, 1.165) is 38.5 Å². The molecule has 17 heavy (non-hydrogen) atoms. The number of rotatable bonds is 4. The minimum absolute atomic E-state index is 0.387. The Kier molecular flexibility index (Phi) is 4.34. The molecule has 1 aliphatic rings. The summed E-state index contributed by atoms with van der Waals surface area (Å²) in [6.07, 6.45) is 3.30. The summed E-state index contributed by atoms with van der Waals surface area (Å²) in [6.45, 7) is 6.00. The number of aromatic nitrogens is 1. The molecule has 1 fully saturated rings. The van der Waals surface area contributed by atoms with Crippen LogP contribution in [0.4, 0.5) is 5.82 Å². The summed E-state index contributed by atoms with van der Waals surface area (Å²) in [4.78, 5) is 6.77. The smallest absolute Gasteiger partial charge is 0.130 e. The number of nitrogens with zero attached hydrogens (tertiary/aromatic N) is 2. The van der Waals surface area contributed by atoms with E-state index in [0.29, 0.717) is 6.10 Å². The van der Waals surface area contributed by atoms with E-state index in [2.05, 4.69) is 28.2 Å². The highest BCUT2D eigenvalue weighted by atomic mass is 16.5. The summed E-state index contributed by atoms with van der Waals surface area (Å²) in [6, 6.07) is 4.13. The second-order valence-electron chi connectivity index (χ2n) is 4.40. The molecule has 2 rings (SSSR count). The molecule has 0 bridgehead atoms. The van der Waals surface area contributed by atoms with Gasteiger partial charge in [-0.3, -0.25) is 4.90 Å². The molecule has 1 aromatic rings. The fourth-order valence-electron chi connectivity index (χ4n) is 2.20. The van der Waals surface area contributed by atoms with Gasteiger partial charge in [0.05, 0.1) is 12.7 Å². The zero-order chi connectivity index (χ0) is 12.1. The lowest BCUT2D eigenvalue weighted by molar-refractivity contribution is -0.0324. The quantitative estimate of drug-likeness (QED) is 0.862. The van der Waals surface area contributed by atoms with Crippen LogP contribution in [0.15, 0.2) is 18.3 Å². The molecule has 1 aliphatic heterocycles. The third-order valence-corrected chi connectivity index (χ3v) is 3.20. The first-order valence-electron chi connectivity index (χ1n) is 6.29. The molecule has 1 aromatic heterocycles. The fourth-order valence-corrected chi connectivity index (χ4v) is 2.20. The van der Waals surface area contributed by atoms with Crippen LogP contribution >= 0.6 is 0 Å². The summed E-state index contributed by atoms with van der Waals surface area (Å²) in [5, 5.41) is 3.14. The van der Waals surface area contributed by atoms with Crippen molar-refractivity contribution < 1.29 is 4.74 Å². The van der Waals surface area contributed by atoms with Crippen molar-refractivity contribution in [2.75, 3.05) is 32.1 Å². The highest BCUT2D eigenvalue weighted by molar-refractivity contribution is 5.42. The van der Waals surface area contributed by atoms with Crippen molar-refractivity contribution in [3.63, 3.8) is 0 Å². The van der Waals surface area contributed by atoms with Crippen LogP contribution in [0.5, 0.6) is 0 Å². The lowest BCUT2D eigenvalue weighted by Gasteiger charge is -2.32. The Morgan fingerprint density at radius 2 is 2.47 bits per heavy atom. The van der Waals surface area contributed by atoms with Crippen molar-refractivity contribution >= 4 is 5.82 Å². The van der Waals surface area contributed by atoms with Gasteiger partial charge in [-0.25, -0.2) is 4.98 Å². The number of hydrogen-bond acceptors (Lipinski definition) is 4. The van der Waals surface area contributed by atoms with Crippen LogP contribution in [0.2, 0.25) is 0 Å². The van der Waals surface area contributed by atoms with E-state index < -0.39 is 0 Å². The van der Waals surface area contributed by atoms with Crippen LogP contribution in [0.25, 0.3) is 0 Å². The predicted molar refractivity (Wildman–Crippen MR) is 69.1 cm³/mol. The molecule has 0 radical (unpaired) electrons. The molecule has 1 saturated heterocycles. The molecule has 0 aromatic carbocycles. The number of nitrogens with one attached hydrogen (secondary N) is 1. The molecular formula is C13H21N3O. The van der Waals surface area contributed by atoms with Gasteiger partial charge in [-0.15, -0.1) is 0 Å². The van der Waals surface area contributed by atoms with E-state index >= 15 is 0 Å². The normalized spacial score (nSPS) is 21.4. The van der Waals surface area contributed by atoms with Gasteiger partial charge in [-0.1, -0.05) is 13.0 Å².